The van der Waals surface area contributed by atoms with Crippen molar-refractivity contribution in [1.82, 2.24) is 15.2 Å². The van der Waals surface area contributed by atoms with E-state index in [0.717, 1.165) is 0 Å². The summed E-state index contributed by atoms with van der Waals surface area (Å²) in [5.74, 6) is 0.177. The first-order valence-electron chi connectivity index (χ1n) is 4.29. The number of anilines is 2. The van der Waals surface area contributed by atoms with Gasteiger partial charge in [0.2, 0.25) is 5.95 Å². The molecule has 4 N–H and O–H groups in total. The van der Waals surface area contributed by atoms with E-state index in [4.69, 9.17) is 34.7 Å². The zero-order valence-electron chi connectivity index (χ0n) is 7.98. The van der Waals surface area contributed by atoms with E-state index in [1.807, 2.05) is 0 Å². The first-order valence-corrected chi connectivity index (χ1v) is 5.05. The van der Waals surface area contributed by atoms with Crippen molar-refractivity contribution in [3.05, 3.63) is 28.2 Å². The van der Waals surface area contributed by atoms with Crippen molar-refractivity contribution in [2.75, 3.05) is 11.5 Å². The van der Waals surface area contributed by atoms with Gasteiger partial charge in [-0.25, -0.2) is 0 Å². The van der Waals surface area contributed by atoms with Crippen LogP contribution in [0.3, 0.4) is 0 Å². The Morgan fingerprint density at radius 3 is 2.50 bits per heavy atom. The molecule has 5 nitrogen and oxygen atoms in total. The van der Waals surface area contributed by atoms with Gasteiger partial charge < -0.3 is 11.5 Å². The maximum Gasteiger partial charge on any atom is 0.242 e. The second kappa shape index (κ2) is 4.11. The Morgan fingerprint density at radius 1 is 1.06 bits per heavy atom. The lowest BCUT2D eigenvalue weighted by Gasteiger charge is -2.06. The fourth-order valence-corrected chi connectivity index (χ4v) is 1.62. The van der Waals surface area contributed by atoms with Crippen LogP contribution in [-0.2, 0) is 0 Å². The molecule has 2 rings (SSSR count). The average Bonchev–Trinajstić information content (AvgIpc) is 2.23. The largest absolute Gasteiger partial charge is 0.382 e. The Hall–Kier alpha value is -1.59. The number of nitrogens with zero attached hydrogens (tertiary/aromatic N) is 3. The van der Waals surface area contributed by atoms with Crippen molar-refractivity contribution in [2.45, 2.75) is 0 Å². The van der Waals surface area contributed by atoms with Crippen LogP contribution in [0.15, 0.2) is 18.2 Å². The highest BCUT2D eigenvalue weighted by molar-refractivity contribution is 6.43. The SMILES string of the molecule is [15NH2]c1nn[13c](-c2cccc(Cl)c2Cl)[13c]([15NH2])n1. The minimum atomic E-state index is 0.0133. The predicted molar refractivity (Wildman–Crippen MR) is 64.1 cm³/mol. The van der Waals surface area contributed by atoms with E-state index in [2.05, 4.69) is 15.2 Å². The molecule has 0 radical (unpaired) electrons. The number of rotatable bonds is 1. The number of nitrogens with two attached hydrogens (primary N) is 2. The lowest BCUT2D eigenvalue weighted by Crippen LogP contribution is -2.04. The van der Waals surface area contributed by atoms with Crippen LogP contribution in [0.1, 0.15) is 0 Å². The molecular formula is C9H7Cl2N5. The van der Waals surface area contributed by atoms with Gasteiger partial charge in [-0.2, -0.15) is 4.98 Å². The fourth-order valence-electron chi connectivity index (χ4n) is 1.23. The molecule has 2 aromatic rings. The molecular weight excluding hydrogens is 253 g/mol. The minimum absolute atomic E-state index is 0.0133. The number of nitrogen functional groups attached to an aromatic ring is 2. The van der Waals surface area contributed by atoms with Gasteiger partial charge in [0.05, 0.1) is 10.0 Å². The van der Waals surface area contributed by atoms with Crippen LogP contribution in [-0.4, -0.2) is 15.2 Å². The maximum atomic E-state index is 6.03. The second-order valence-corrected chi connectivity index (χ2v) is 3.79. The summed E-state index contributed by atoms with van der Waals surface area (Å²) >= 11 is 11.9. The number of aromatic nitrogens is 3. The standard InChI is InChI=1S/C9H7Cl2N5/c10-5-3-1-2-4(6(5)11)7-8(12)14-9(13)16-15-7/h1-3H,(H4,12,13,14,16)/i7+1,8+1,12+1,13+1. The van der Waals surface area contributed by atoms with E-state index in [-0.39, 0.29) is 11.8 Å². The van der Waals surface area contributed by atoms with E-state index in [1.165, 1.54) is 0 Å². The summed E-state index contributed by atoms with van der Waals surface area (Å²) in [6.45, 7) is 0. The fraction of sp³-hybridized carbons (Fsp3) is 0. The average molecular weight is 260 g/mol. The molecule has 1 aromatic heterocycles. The smallest absolute Gasteiger partial charge is 0.242 e. The van der Waals surface area contributed by atoms with Crippen molar-refractivity contribution >= 4 is 35.0 Å². The number of halogens is 2. The molecule has 0 bridgehead atoms. The molecule has 0 atom stereocenters. The highest BCUT2D eigenvalue weighted by atomic mass is 35.5. The van der Waals surface area contributed by atoms with Crippen LogP contribution < -0.4 is 11.5 Å². The van der Waals surface area contributed by atoms with Gasteiger partial charge in [0, 0.05) is 5.56 Å². The molecule has 1 aromatic carbocycles. The van der Waals surface area contributed by atoms with Crippen LogP contribution in [0, 0.1) is 0 Å². The molecule has 1 heterocycles. The van der Waals surface area contributed by atoms with Gasteiger partial charge in [-0.3, -0.25) is 0 Å². The van der Waals surface area contributed by atoms with Crippen molar-refractivity contribution in [3.63, 3.8) is 0 Å². The number of hydrogen-bond acceptors (Lipinski definition) is 5. The Morgan fingerprint density at radius 2 is 1.81 bits per heavy atom. The second-order valence-electron chi connectivity index (χ2n) is 3.01. The van der Waals surface area contributed by atoms with Gasteiger partial charge in [-0.1, -0.05) is 35.3 Å². The molecule has 0 aliphatic heterocycles. The summed E-state index contributed by atoms with van der Waals surface area (Å²) in [5.41, 5.74) is 12.0. The molecule has 0 fully saturated rings. The lowest BCUT2D eigenvalue weighted by atomic mass is 10.3. The van der Waals surface area contributed by atoms with Gasteiger partial charge in [0.1, 0.15) is 5.69 Å². The van der Waals surface area contributed by atoms with Gasteiger partial charge in [-0.05, 0) is 6.07 Å². The molecule has 0 aliphatic rings. The number of benzene rings is 1. The number of hydrogen-bond donors (Lipinski definition) is 2. The van der Waals surface area contributed by atoms with E-state index in [9.17, 15) is 0 Å². The van der Waals surface area contributed by atoms with Crippen LogP contribution in [0.4, 0.5) is 11.8 Å². The molecule has 0 unspecified atom stereocenters. The first kappa shape index (κ1) is 10.9. The summed E-state index contributed by atoms with van der Waals surface area (Å²) in [4.78, 5) is 3.80. The molecule has 0 amide bonds. The molecule has 0 saturated carbocycles. The molecule has 7 heteroatoms. The molecule has 0 aliphatic carbocycles. The molecule has 82 valence electrons. The normalized spacial score (nSPS) is 10.4. The van der Waals surface area contributed by atoms with Crippen molar-refractivity contribution in [2.24, 2.45) is 0 Å². The van der Waals surface area contributed by atoms with Crippen LogP contribution in [0.25, 0.3) is 11.3 Å². The van der Waals surface area contributed by atoms with Crippen molar-refractivity contribution < 1.29 is 0 Å². The van der Waals surface area contributed by atoms with Crippen LogP contribution in [0.5, 0.6) is 0 Å². The third kappa shape index (κ3) is 1.87. The zero-order valence-corrected chi connectivity index (χ0v) is 9.50. The highest BCUT2D eigenvalue weighted by Gasteiger charge is 2.12. The monoisotopic (exact) mass is 259 g/mol. The van der Waals surface area contributed by atoms with Gasteiger partial charge >= 0.3 is 0 Å². The van der Waals surface area contributed by atoms with Gasteiger partial charge in [0.15, 0.2) is 5.82 Å². The Labute approximate surface area is 101 Å². The topological polar surface area (TPSA) is 90.7 Å². The maximum absolute atomic E-state index is 6.03. The van der Waals surface area contributed by atoms with Crippen molar-refractivity contribution in [3.8, 4) is 11.3 Å². The first-order chi connectivity index (χ1) is 7.59. The van der Waals surface area contributed by atoms with E-state index < -0.39 is 0 Å². The molecule has 0 spiro atoms. The van der Waals surface area contributed by atoms with Crippen LogP contribution >= 0.6 is 23.2 Å². The third-order valence-electron chi connectivity index (χ3n) is 1.94. The Kier molecular flexibility index (Phi) is 2.80. The Bertz CT molecular complexity index is 543. The van der Waals surface area contributed by atoms with Crippen LogP contribution in [0.2, 0.25) is 10.0 Å². The molecule has 0 saturated heterocycles. The summed E-state index contributed by atoms with van der Waals surface area (Å²) in [5, 5.41) is 8.24. The summed E-state index contributed by atoms with van der Waals surface area (Å²) < 4.78 is 0. The van der Waals surface area contributed by atoms with E-state index in [0.29, 0.717) is 21.3 Å². The quantitative estimate of drug-likeness (QED) is 0.765. The summed E-state index contributed by atoms with van der Waals surface area (Å²) in [6.07, 6.45) is 0. The van der Waals surface area contributed by atoms with Gasteiger partial charge in [-0.15, -0.1) is 10.2 Å². The zero-order chi connectivity index (χ0) is 11.7. The summed E-state index contributed by atoms with van der Waals surface area (Å²) in [7, 11) is 0. The van der Waals surface area contributed by atoms with Gasteiger partial charge in [0.25, 0.3) is 0 Å². The van der Waals surface area contributed by atoms with E-state index in [1.54, 1.807) is 18.2 Å². The van der Waals surface area contributed by atoms with E-state index >= 15 is 0 Å². The third-order valence-corrected chi connectivity index (χ3v) is 2.76. The van der Waals surface area contributed by atoms with Crippen molar-refractivity contribution in [1.29, 1.82) is 0 Å². The highest BCUT2D eigenvalue weighted by Crippen LogP contribution is 2.33. The summed E-state index contributed by atoms with van der Waals surface area (Å²) in [6, 6.07) is 5.13. The lowest BCUT2D eigenvalue weighted by molar-refractivity contribution is 1.000. The molecule has 16 heavy (non-hydrogen) atoms. The predicted octanol–water partition coefficient (Wildman–Crippen LogP) is 2.01. The minimum Gasteiger partial charge on any atom is -0.382 e. The Balaban J connectivity index is 2.63.